The number of hydrogen-bond acceptors (Lipinski definition) is 1. The minimum absolute atomic E-state index is 0.0848. The smallest absolute Gasteiger partial charge is 0.129 e. The third-order valence-electron chi connectivity index (χ3n) is 2.52. The maximum atomic E-state index is 13.1. The van der Waals surface area contributed by atoms with Gasteiger partial charge in [-0.3, -0.25) is 0 Å². The van der Waals surface area contributed by atoms with Gasteiger partial charge < -0.3 is 5.11 Å². The van der Waals surface area contributed by atoms with Crippen molar-refractivity contribution < 1.29 is 13.9 Å². The predicted molar refractivity (Wildman–Crippen MR) is 44.3 cm³/mol. The normalized spacial score (nSPS) is 26.1. The van der Waals surface area contributed by atoms with Crippen molar-refractivity contribution in [2.75, 3.05) is 6.61 Å². The first kappa shape index (κ1) is 8.63. The van der Waals surface area contributed by atoms with E-state index in [0.29, 0.717) is 5.56 Å². The molecule has 1 fully saturated rings. The zero-order valence-corrected chi connectivity index (χ0v) is 7.00. The molecule has 0 amide bonds. The molecule has 0 bridgehead atoms. The third-order valence-corrected chi connectivity index (χ3v) is 2.52. The average molecular weight is 184 g/mol. The Bertz CT molecular complexity index is 325. The highest BCUT2D eigenvalue weighted by Gasteiger charge is 2.39. The van der Waals surface area contributed by atoms with E-state index in [0.717, 1.165) is 12.5 Å². The summed E-state index contributed by atoms with van der Waals surface area (Å²) in [4.78, 5) is 0. The summed E-state index contributed by atoms with van der Waals surface area (Å²) in [5.41, 5.74) is 0.528. The Labute approximate surface area is 75.0 Å². The number of benzene rings is 1. The molecular formula is C10H10F2O. The van der Waals surface area contributed by atoms with Crippen molar-refractivity contribution in [3.63, 3.8) is 0 Å². The summed E-state index contributed by atoms with van der Waals surface area (Å²) >= 11 is 0. The molecule has 1 aromatic carbocycles. The lowest BCUT2D eigenvalue weighted by Gasteiger charge is -2.00. The zero-order chi connectivity index (χ0) is 9.42. The molecule has 1 nitrogen and oxygen atoms in total. The maximum absolute atomic E-state index is 13.1. The van der Waals surface area contributed by atoms with Crippen molar-refractivity contribution >= 4 is 0 Å². The lowest BCUT2D eigenvalue weighted by Crippen LogP contribution is -1.93. The lowest BCUT2D eigenvalue weighted by molar-refractivity contribution is 0.273. The first-order valence-corrected chi connectivity index (χ1v) is 4.28. The van der Waals surface area contributed by atoms with Crippen LogP contribution in [0.4, 0.5) is 8.78 Å². The fraction of sp³-hybridized carbons (Fsp3) is 0.400. The third kappa shape index (κ3) is 1.56. The SMILES string of the molecule is OC[C@H]1C[C@H]1c1ccc(F)cc1F. The van der Waals surface area contributed by atoms with Gasteiger partial charge in [0, 0.05) is 12.7 Å². The largest absolute Gasteiger partial charge is 0.396 e. The van der Waals surface area contributed by atoms with Gasteiger partial charge in [0.15, 0.2) is 0 Å². The first-order chi connectivity index (χ1) is 6.22. The van der Waals surface area contributed by atoms with Crippen LogP contribution in [0.1, 0.15) is 17.9 Å². The van der Waals surface area contributed by atoms with Gasteiger partial charge in [-0.25, -0.2) is 8.78 Å². The Balaban J connectivity index is 2.22. The molecule has 13 heavy (non-hydrogen) atoms. The molecule has 1 aliphatic rings. The summed E-state index contributed by atoms with van der Waals surface area (Å²) in [5.74, 6) is -0.797. The molecule has 0 aromatic heterocycles. The van der Waals surface area contributed by atoms with Gasteiger partial charge in [0.05, 0.1) is 0 Å². The Morgan fingerprint density at radius 2 is 2.15 bits per heavy atom. The Morgan fingerprint density at radius 1 is 1.38 bits per heavy atom. The van der Waals surface area contributed by atoms with Crippen molar-refractivity contribution in [2.24, 2.45) is 5.92 Å². The van der Waals surface area contributed by atoms with Crippen molar-refractivity contribution in [3.8, 4) is 0 Å². The van der Waals surface area contributed by atoms with Crippen LogP contribution in [0, 0.1) is 17.6 Å². The van der Waals surface area contributed by atoms with E-state index in [1.807, 2.05) is 0 Å². The number of aliphatic hydroxyl groups is 1. The second-order valence-corrected chi connectivity index (χ2v) is 3.45. The first-order valence-electron chi connectivity index (χ1n) is 4.28. The molecule has 2 rings (SSSR count). The van der Waals surface area contributed by atoms with Crippen LogP contribution in [0.2, 0.25) is 0 Å². The van der Waals surface area contributed by atoms with Gasteiger partial charge in [-0.1, -0.05) is 6.07 Å². The second-order valence-electron chi connectivity index (χ2n) is 3.45. The standard InChI is InChI=1S/C10H10F2O/c11-7-1-2-8(10(12)4-7)9-3-6(9)5-13/h1-2,4,6,9,13H,3,5H2/t6-,9-/m1/s1. The van der Waals surface area contributed by atoms with Crippen molar-refractivity contribution in [1.82, 2.24) is 0 Å². The van der Waals surface area contributed by atoms with Gasteiger partial charge in [0.1, 0.15) is 11.6 Å². The molecule has 3 heteroatoms. The molecule has 0 spiro atoms. The summed E-state index contributed by atoms with van der Waals surface area (Å²) < 4.78 is 25.7. The monoisotopic (exact) mass is 184 g/mol. The van der Waals surface area contributed by atoms with Crippen molar-refractivity contribution in [2.45, 2.75) is 12.3 Å². The number of rotatable bonds is 2. The van der Waals surface area contributed by atoms with E-state index in [-0.39, 0.29) is 18.4 Å². The van der Waals surface area contributed by atoms with E-state index in [1.54, 1.807) is 0 Å². The highest BCUT2D eigenvalue weighted by Crippen LogP contribution is 2.47. The average Bonchev–Trinajstić information content (AvgIpc) is 2.83. The van der Waals surface area contributed by atoms with Crippen LogP contribution in [0.15, 0.2) is 18.2 Å². The molecule has 2 atom stereocenters. The van der Waals surface area contributed by atoms with Gasteiger partial charge in [-0.05, 0) is 29.9 Å². The van der Waals surface area contributed by atoms with Crippen molar-refractivity contribution in [3.05, 3.63) is 35.4 Å². The highest BCUT2D eigenvalue weighted by atomic mass is 19.1. The maximum Gasteiger partial charge on any atom is 0.129 e. The van der Waals surface area contributed by atoms with Gasteiger partial charge in [0.2, 0.25) is 0 Å². The van der Waals surface area contributed by atoms with Gasteiger partial charge in [0.25, 0.3) is 0 Å². The molecule has 1 saturated carbocycles. The van der Waals surface area contributed by atoms with E-state index >= 15 is 0 Å². The van der Waals surface area contributed by atoms with Crippen LogP contribution in [-0.2, 0) is 0 Å². The molecule has 0 saturated heterocycles. The number of aliphatic hydroxyl groups excluding tert-OH is 1. The van der Waals surface area contributed by atoms with Gasteiger partial charge in [-0.2, -0.15) is 0 Å². The molecule has 0 radical (unpaired) electrons. The second kappa shape index (κ2) is 3.07. The topological polar surface area (TPSA) is 20.2 Å². The van der Waals surface area contributed by atoms with Crippen LogP contribution in [0.25, 0.3) is 0 Å². The fourth-order valence-electron chi connectivity index (χ4n) is 1.63. The van der Waals surface area contributed by atoms with Gasteiger partial charge >= 0.3 is 0 Å². The van der Waals surface area contributed by atoms with Crippen LogP contribution in [0.5, 0.6) is 0 Å². The Hall–Kier alpha value is -0.960. The van der Waals surface area contributed by atoms with E-state index in [9.17, 15) is 8.78 Å². The zero-order valence-electron chi connectivity index (χ0n) is 7.00. The molecule has 0 unspecified atom stereocenters. The number of halogens is 2. The lowest BCUT2D eigenvalue weighted by atomic mass is 10.1. The molecule has 1 aliphatic carbocycles. The summed E-state index contributed by atoms with van der Waals surface area (Å²) in [6.07, 6.45) is 0.805. The molecule has 1 N–H and O–H groups in total. The van der Waals surface area contributed by atoms with E-state index in [1.165, 1.54) is 12.1 Å². The van der Waals surface area contributed by atoms with E-state index < -0.39 is 11.6 Å². The molecular weight excluding hydrogens is 174 g/mol. The van der Waals surface area contributed by atoms with Crippen LogP contribution >= 0.6 is 0 Å². The van der Waals surface area contributed by atoms with Gasteiger partial charge in [-0.15, -0.1) is 0 Å². The van der Waals surface area contributed by atoms with Crippen LogP contribution in [-0.4, -0.2) is 11.7 Å². The molecule has 0 aliphatic heterocycles. The highest BCUT2D eigenvalue weighted by molar-refractivity contribution is 5.27. The minimum Gasteiger partial charge on any atom is -0.396 e. The summed E-state index contributed by atoms with van der Waals surface area (Å²) in [6.45, 7) is 0.0848. The summed E-state index contributed by atoms with van der Waals surface area (Å²) in [7, 11) is 0. The fourth-order valence-corrected chi connectivity index (χ4v) is 1.63. The Morgan fingerprint density at radius 3 is 2.69 bits per heavy atom. The molecule has 1 aromatic rings. The Kier molecular flexibility index (Phi) is 2.04. The van der Waals surface area contributed by atoms with Crippen LogP contribution in [0.3, 0.4) is 0 Å². The van der Waals surface area contributed by atoms with E-state index in [4.69, 9.17) is 5.11 Å². The van der Waals surface area contributed by atoms with Crippen molar-refractivity contribution in [1.29, 1.82) is 0 Å². The molecule has 70 valence electrons. The molecule has 0 heterocycles. The van der Waals surface area contributed by atoms with E-state index in [2.05, 4.69) is 0 Å². The summed E-state index contributed by atoms with van der Waals surface area (Å²) in [5, 5.41) is 8.79. The quantitative estimate of drug-likeness (QED) is 0.745. The minimum atomic E-state index is -0.553. The van der Waals surface area contributed by atoms with Crippen LogP contribution < -0.4 is 0 Å². The predicted octanol–water partition coefficient (Wildman–Crippen LogP) is 2.06. The number of hydrogen-bond donors (Lipinski definition) is 1. The summed E-state index contributed by atoms with van der Waals surface area (Å²) in [6, 6.07) is 3.61.